The van der Waals surface area contributed by atoms with Gasteiger partial charge in [0.2, 0.25) is 5.91 Å². The van der Waals surface area contributed by atoms with Gasteiger partial charge < -0.3 is 15.5 Å². The van der Waals surface area contributed by atoms with E-state index >= 15 is 0 Å². The minimum absolute atomic E-state index is 0.0344. The highest BCUT2D eigenvalue weighted by Crippen LogP contribution is 2.34. The first-order chi connectivity index (χ1) is 11.8. The van der Waals surface area contributed by atoms with Gasteiger partial charge in [-0.25, -0.2) is 4.98 Å². The van der Waals surface area contributed by atoms with Gasteiger partial charge in [0, 0.05) is 25.3 Å². The number of carbonyl (C=O) groups excluding carboxylic acids is 1. The highest BCUT2D eigenvalue weighted by molar-refractivity contribution is 6.33. The van der Waals surface area contributed by atoms with Gasteiger partial charge in [0.15, 0.2) is 0 Å². The van der Waals surface area contributed by atoms with Crippen molar-refractivity contribution < 1.29 is 18.0 Å². The molecule has 1 saturated carbocycles. The Morgan fingerprint density at radius 2 is 2.12 bits per heavy atom. The van der Waals surface area contributed by atoms with Crippen molar-refractivity contribution in [3.8, 4) is 0 Å². The molecule has 25 heavy (non-hydrogen) atoms. The first-order valence-corrected chi connectivity index (χ1v) is 8.68. The first kappa shape index (κ1) is 18.3. The van der Waals surface area contributed by atoms with Crippen LogP contribution in [0.5, 0.6) is 0 Å². The fraction of sp³-hybridized carbons (Fsp3) is 0.625. The molecule has 1 aliphatic carbocycles. The van der Waals surface area contributed by atoms with Gasteiger partial charge in [0.05, 0.1) is 17.1 Å². The topological polar surface area (TPSA) is 57.3 Å². The minimum Gasteiger partial charge on any atom is -0.353 e. The lowest BCUT2D eigenvalue weighted by Gasteiger charge is -2.20. The third-order valence-corrected chi connectivity index (χ3v) is 4.70. The summed E-state index contributed by atoms with van der Waals surface area (Å²) < 4.78 is 38.0. The second-order valence-corrected chi connectivity index (χ2v) is 7.01. The van der Waals surface area contributed by atoms with E-state index in [1.54, 1.807) is 4.90 Å². The van der Waals surface area contributed by atoms with Crippen LogP contribution < -0.4 is 15.5 Å². The molecule has 1 saturated heterocycles. The summed E-state index contributed by atoms with van der Waals surface area (Å²) in [7, 11) is 0. The molecule has 1 unspecified atom stereocenters. The predicted molar refractivity (Wildman–Crippen MR) is 88.6 cm³/mol. The van der Waals surface area contributed by atoms with Gasteiger partial charge >= 0.3 is 6.18 Å². The molecule has 3 rings (SSSR count). The second kappa shape index (κ2) is 7.37. The Bertz CT molecular complexity index is 636. The third-order valence-electron chi connectivity index (χ3n) is 4.42. The van der Waals surface area contributed by atoms with Crippen LogP contribution in [0.1, 0.15) is 24.8 Å². The fourth-order valence-corrected chi connectivity index (χ4v) is 3.17. The summed E-state index contributed by atoms with van der Waals surface area (Å²) in [5.41, 5.74) is -0.868. The van der Waals surface area contributed by atoms with Gasteiger partial charge in [0.1, 0.15) is 5.82 Å². The van der Waals surface area contributed by atoms with Crippen molar-refractivity contribution in [2.24, 2.45) is 5.92 Å². The van der Waals surface area contributed by atoms with Crippen LogP contribution in [0.15, 0.2) is 12.3 Å². The fourth-order valence-electron chi connectivity index (χ4n) is 2.88. The average Bonchev–Trinajstić information content (AvgIpc) is 3.24. The van der Waals surface area contributed by atoms with Crippen LogP contribution in [0.3, 0.4) is 0 Å². The number of rotatable bonds is 6. The molecule has 138 valence electrons. The van der Waals surface area contributed by atoms with Crippen LogP contribution in [-0.2, 0) is 11.0 Å². The van der Waals surface area contributed by atoms with Crippen molar-refractivity contribution in [3.63, 3.8) is 0 Å². The number of nitrogens with one attached hydrogen (secondary N) is 2. The van der Waals surface area contributed by atoms with Crippen LogP contribution in [0.4, 0.5) is 19.0 Å². The third kappa shape index (κ3) is 4.98. The lowest BCUT2D eigenvalue weighted by Crippen LogP contribution is -2.42. The van der Waals surface area contributed by atoms with E-state index in [1.165, 1.54) is 12.8 Å². The van der Waals surface area contributed by atoms with Crippen molar-refractivity contribution >= 4 is 23.3 Å². The maximum absolute atomic E-state index is 12.7. The molecule has 2 N–H and O–H groups in total. The van der Waals surface area contributed by atoms with Crippen molar-refractivity contribution in [1.29, 1.82) is 0 Å². The number of anilines is 1. The maximum Gasteiger partial charge on any atom is 0.417 e. The van der Waals surface area contributed by atoms with Crippen molar-refractivity contribution in [2.75, 3.05) is 31.1 Å². The standard InChI is InChI=1S/C16H20ClF3N4O/c17-13-5-11(16(18,19)20)7-22-15(13)24-4-3-12(9-24)23-14(25)8-21-6-10-1-2-10/h5,7,10,12,21H,1-4,6,8-9H2,(H,23,25). The lowest BCUT2D eigenvalue weighted by atomic mass is 10.2. The van der Waals surface area contributed by atoms with Crippen molar-refractivity contribution in [1.82, 2.24) is 15.6 Å². The monoisotopic (exact) mass is 376 g/mol. The van der Waals surface area contributed by atoms with Crippen LogP contribution in [-0.4, -0.2) is 43.1 Å². The number of pyridine rings is 1. The summed E-state index contributed by atoms with van der Waals surface area (Å²) in [4.78, 5) is 17.6. The van der Waals surface area contributed by atoms with Gasteiger partial charge in [-0.2, -0.15) is 13.2 Å². The molecule has 2 fully saturated rings. The van der Waals surface area contributed by atoms with Gasteiger partial charge in [-0.3, -0.25) is 4.79 Å². The van der Waals surface area contributed by atoms with Crippen LogP contribution in [0, 0.1) is 5.92 Å². The summed E-state index contributed by atoms with van der Waals surface area (Å²) in [5, 5.41) is 6.03. The van der Waals surface area contributed by atoms with Crippen LogP contribution in [0.25, 0.3) is 0 Å². The lowest BCUT2D eigenvalue weighted by molar-refractivity contribution is -0.137. The molecule has 9 heteroatoms. The molecule has 1 amide bonds. The van der Waals surface area contributed by atoms with E-state index in [2.05, 4.69) is 15.6 Å². The second-order valence-electron chi connectivity index (χ2n) is 6.60. The number of halogens is 4. The molecule has 0 aromatic carbocycles. The Morgan fingerprint density at radius 1 is 1.36 bits per heavy atom. The summed E-state index contributed by atoms with van der Waals surface area (Å²) in [6, 6.07) is 0.827. The predicted octanol–water partition coefficient (Wildman–Crippen LogP) is 2.45. The number of amides is 1. The SMILES string of the molecule is O=C(CNCC1CC1)NC1CCN(c2ncc(C(F)(F)F)cc2Cl)C1. The molecule has 2 aliphatic rings. The van der Waals surface area contributed by atoms with Crippen molar-refractivity contribution in [3.05, 3.63) is 22.8 Å². The molecule has 1 atom stereocenters. The van der Waals surface area contributed by atoms with E-state index in [0.29, 0.717) is 31.2 Å². The van der Waals surface area contributed by atoms with Crippen LogP contribution in [0.2, 0.25) is 5.02 Å². The van der Waals surface area contributed by atoms with E-state index in [9.17, 15) is 18.0 Å². The molecule has 0 bridgehead atoms. The van der Waals surface area contributed by atoms with Gasteiger partial charge in [-0.1, -0.05) is 11.6 Å². The molecule has 5 nitrogen and oxygen atoms in total. The summed E-state index contributed by atoms with van der Waals surface area (Å²) in [6.07, 6.45) is -0.521. The molecule has 2 heterocycles. The minimum atomic E-state index is -4.47. The largest absolute Gasteiger partial charge is 0.417 e. The Kier molecular flexibility index (Phi) is 5.38. The average molecular weight is 377 g/mol. The van der Waals surface area contributed by atoms with Crippen molar-refractivity contribution in [2.45, 2.75) is 31.5 Å². The summed E-state index contributed by atoms with van der Waals surface area (Å²) >= 11 is 5.97. The molecular formula is C16H20ClF3N4O. The van der Waals surface area contributed by atoms with E-state index in [0.717, 1.165) is 18.8 Å². The summed E-state index contributed by atoms with van der Waals surface area (Å²) in [6.45, 7) is 2.21. The Morgan fingerprint density at radius 3 is 2.76 bits per heavy atom. The normalized spacial score (nSPS) is 20.8. The van der Waals surface area contributed by atoms with E-state index in [1.807, 2.05) is 0 Å². The van der Waals surface area contributed by atoms with E-state index < -0.39 is 11.7 Å². The molecule has 0 spiro atoms. The number of aromatic nitrogens is 1. The quantitative estimate of drug-likeness (QED) is 0.800. The first-order valence-electron chi connectivity index (χ1n) is 8.30. The molecule has 1 aliphatic heterocycles. The van der Waals surface area contributed by atoms with Gasteiger partial charge in [0.25, 0.3) is 0 Å². The van der Waals surface area contributed by atoms with E-state index in [-0.39, 0.29) is 23.5 Å². The number of alkyl halides is 3. The smallest absolute Gasteiger partial charge is 0.353 e. The highest BCUT2D eigenvalue weighted by atomic mass is 35.5. The number of carbonyl (C=O) groups is 1. The maximum atomic E-state index is 12.7. The molecule has 1 aromatic rings. The number of hydrogen-bond acceptors (Lipinski definition) is 4. The molecular weight excluding hydrogens is 357 g/mol. The van der Waals surface area contributed by atoms with Gasteiger partial charge in [-0.05, 0) is 37.8 Å². The number of hydrogen-bond donors (Lipinski definition) is 2. The summed E-state index contributed by atoms with van der Waals surface area (Å²) in [5.74, 6) is 0.958. The van der Waals surface area contributed by atoms with E-state index in [4.69, 9.17) is 11.6 Å². The zero-order valence-corrected chi connectivity index (χ0v) is 14.3. The number of nitrogens with zero attached hydrogens (tertiary/aromatic N) is 2. The molecule has 1 aromatic heterocycles. The molecule has 0 radical (unpaired) electrons. The Labute approximate surface area is 148 Å². The zero-order valence-electron chi connectivity index (χ0n) is 13.6. The van der Waals surface area contributed by atoms with Gasteiger partial charge in [-0.15, -0.1) is 0 Å². The highest BCUT2D eigenvalue weighted by Gasteiger charge is 2.33. The zero-order chi connectivity index (χ0) is 18.0. The van der Waals surface area contributed by atoms with Crippen LogP contribution >= 0.6 is 11.6 Å². The Balaban J connectivity index is 1.51. The Hall–Kier alpha value is -1.54.